The number of halogens is 2. The molecule has 0 fully saturated rings. The van der Waals surface area contributed by atoms with Gasteiger partial charge < -0.3 is 14.5 Å². The summed E-state index contributed by atoms with van der Waals surface area (Å²) in [6.45, 7) is 3.70. The third-order valence-corrected chi connectivity index (χ3v) is 4.98. The molecule has 158 valence electrons. The molecule has 3 heterocycles. The van der Waals surface area contributed by atoms with Crippen LogP contribution in [0.5, 0.6) is 11.5 Å². The van der Waals surface area contributed by atoms with Crippen molar-refractivity contribution in [3.63, 3.8) is 0 Å². The van der Waals surface area contributed by atoms with Gasteiger partial charge in [-0.2, -0.15) is 0 Å². The third-order valence-electron chi connectivity index (χ3n) is 4.70. The largest absolute Gasteiger partial charge is 0.496 e. The van der Waals surface area contributed by atoms with E-state index in [-0.39, 0.29) is 12.3 Å². The van der Waals surface area contributed by atoms with Crippen LogP contribution in [-0.2, 0) is 6.61 Å². The van der Waals surface area contributed by atoms with Crippen molar-refractivity contribution in [3.8, 4) is 34.1 Å². The van der Waals surface area contributed by atoms with E-state index in [1.165, 1.54) is 6.07 Å². The van der Waals surface area contributed by atoms with E-state index in [1.54, 1.807) is 44.6 Å². The number of aromatic amines is 1. The van der Waals surface area contributed by atoms with E-state index < -0.39 is 5.82 Å². The van der Waals surface area contributed by atoms with Crippen LogP contribution in [0.15, 0.2) is 48.8 Å². The van der Waals surface area contributed by atoms with E-state index >= 15 is 0 Å². The Labute approximate surface area is 184 Å². The van der Waals surface area contributed by atoms with Crippen molar-refractivity contribution >= 4 is 11.6 Å². The van der Waals surface area contributed by atoms with E-state index in [4.69, 9.17) is 21.1 Å². The van der Waals surface area contributed by atoms with Gasteiger partial charge in [-0.3, -0.25) is 9.97 Å². The second-order valence-electron chi connectivity index (χ2n) is 7.03. The van der Waals surface area contributed by atoms with Crippen molar-refractivity contribution in [2.24, 2.45) is 0 Å². The van der Waals surface area contributed by atoms with Crippen LogP contribution in [0.25, 0.3) is 22.6 Å². The molecule has 0 unspecified atom stereocenters. The minimum Gasteiger partial charge on any atom is -0.496 e. The Balaban J connectivity index is 1.59. The Bertz CT molecular complexity index is 1220. The van der Waals surface area contributed by atoms with Crippen LogP contribution < -0.4 is 9.47 Å². The minimum atomic E-state index is -0.398. The van der Waals surface area contributed by atoms with Crippen molar-refractivity contribution in [1.29, 1.82) is 0 Å². The first-order valence-corrected chi connectivity index (χ1v) is 9.93. The maximum absolute atomic E-state index is 14.0. The molecule has 4 rings (SSSR count). The van der Waals surface area contributed by atoms with Crippen LogP contribution in [0.3, 0.4) is 0 Å². The average Bonchev–Trinajstić information content (AvgIpc) is 3.14. The predicted molar refractivity (Wildman–Crippen MR) is 117 cm³/mol. The van der Waals surface area contributed by atoms with Crippen molar-refractivity contribution in [3.05, 3.63) is 76.7 Å². The van der Waals surface area contributed by atoms with Crippen molar-refractivity contribution < 1.29 is 13.9 Å². The van der Waals surface area contributed by atoms with Gasteiger partial charge in [-0.05, 0) is 49.7 Å². The number of nitrogens with one attached hydrogen (secondary N) is 1. The summed E-state index contributed by atoms with van der Waals surface area (Å²) in [5.41, 5.74) is 3.98. The number of imidazole rings is 1. The zero-order valence-corrected chi connectivity index (χ0v) is 18.0. The van der Waals surface area contributed by atoms with Gasteiger partial charge in [0.05, 0.1) is 7.11 Å². The SMILES string of the molecule is COc1cc(OCc2ncc(C)cc2F)ccc1-c1nc(-c2ccc(C)nc2)[nH]c1Cl. The van der Waals surface area contributed by atoms with Crippen molar-refractivity contribution in [2.45, 2.75) is 20.5 Å². The zero-order chi connectivity index (χ0) is 22.0. The summed E-state index contributed by atoms with van der Waals surface area (Å²) >= 11 is 6.43. The molecule has 0 amide bonds. The summed E-state index contributed by atoms with van der Waals surface area (Å²) in [6.07, 6.45) is 3.34. The van der Waals surface area contributed by atoms with E-state index in [0.717, 1.165) is 16.8 Å². The van der Waals surface area contributed by atoms with Gasteiger partial charge >= 0.3 is 0 Å². The number of benzene rings is 1. The normalized spacial score (nSPS) is 10.9. The van der Waals surface area contributed by atoms with Crippen molar-refractivity contribution in [2.75, 3.05) is 7.11 Å². The van der Waals surface area contributed by atoms with Crippen molar-refractivity contribution in [1.82, 2.24) is 19.9 Å². The summed E-state index contributed by atoms with van der Waals surface area (Å²) in [7, 11) is 1.55. The molecule has 0 spiro atoms. The summed E-state index contributed by atoms with van der Waals surface area (Å²) in [6, 6.07) is 10.5. The standard InChI is InChI=1S/C23H20ClFN4O2/c1-13-8-18(25)19(27-10-13)12-31-16-6-7-17(20(9-16)30-3)21-22(24)29-23(28-21)15-5-4-14(2)26-11-15/h4-11H,12H2,1-3H3,(H,28,29). The first-order valence-electron chi connectivity index (χ1n) is 9.55. The molecule has 8 heteroatoms. The highest BCUT2D eigenvalue weighted by Crippen LogP contribution is 2.37. The molecule has 4 aromatic rings. The molecule has 0 aliphatic heterocycles. The fraction of sp³-hybridized carbons (Fsp3) is 0.174. The van der Waals surface area contributed by atoms with Crippen LogP contribution in [0.4, 0.5) is 4.39 Å². The molecule has 1 aromatic carbocycles. The molecule has 0 radical (unpaired) electrons. The fourth-order valence-electron chi connectivity index (χ4n) is 3.05. The van der Waals surface area contributed by atoms with Gasteiger partial charge in [0, 0.05) is 35.3 Å². The molecule has 0 saturated carbocycles. The minimum absolute atomic E-state index is 0.00233. The average molecular weight is 439 g/mol. The molecule has 0 aliphatic rings. The molecule has 0 saturated heterocycles. The Morgan fingerprint density at radius 3 is 2.61 bits per heavy atom. The predicted octanol–water partition coefficient (Wildman–Crippen LogP) is 5.53. The second kappa shape index (κ2) is 8.73. The number of H-pyrrole nitrogens is 1. The van der Waals surface area contributed by atoms with Crippen LogP contribution >= 0.6 is 11.6 Å². The Kier molecular flexibility index (Phi) is 5.86. The number of nitrogens with zero attached hydrogens (tertiary/aromatic N) is 3. The molecule has 3 aromatic heterocycles. The van der Waals surface area contributed by atoms with Crippen LogP contribution in [-0.4, -0.2) is 27.0 Å². The number of hydrogen-bond acceptors (Lipinski definition) is 5. The number of aryl methyl sites for hydroxylation is 2. The molecule has 0 atom stereocenters. The summed E-state index contributed by atoms with van der Waals surface area (Å²) in [5.74, 6) is 1.25. The van der Waals surface area contributed by atoms with Crippen LogP contribution in [0, 0.1) is 19.7 Å². The number of hydrogen-bond donors (Lipinski definition) is 1. The zero-order valence-electron chi connectivity index (χ0n) is 17.2. The first-order chi connectivity index (χ1) is 14.9. The monoisotopic (exact) mass is 438 g/mol. The van der Waals surface area contributed by atoms with E-state index in [2.05, 4.69) is 19.9 Å². The first kappa shape index (κ1) is 20.8. The van der Waals surface area contributed by atoms with Gasteiger partial charge in [-0.15, -0.1) is 0 Å². The van der Waals surface area contributed by atoms with Gasteiger partial charge in [-0.1, -0.05) is 11.6 Å². The highest BCUT2D eigenvalue weighted by molar-refractivity contribution is 6.32. The van der Waals surface area contributed by atoms with Gasteiger partial charge in [0.25, 0.3) is 0 Å². The Morgan fingerprint density at radius 1 is 1.06 bits per heavy atom. The van der Waals surface area contributed by atoms with Gasteiger partial charge in [0.2, 0.25) is 0 Å². The summed E-state index contributed by atoms with van der Waals surface area (Å²) < 4.78 is 25.2. The maximum atomic E-state index is 14.0. The number of pyridine rings is 2. The number of methoxy groups -OCH3 is 1. The van der Waals surface area contributed by atoms with E-state index in [1.807, 2.05) is 19.1 Å². The van der Waals surface area contributed by atoms with E-state index in [0.29, 0.717) is 33.7 Å². The van der Waals surface area contributed by atoms with E-state index in [9.17, 15) is 4.39 Å². The summed E-state index contributed by atoms with van der Waals surface area (Å²) in [5, 5.41) is 0.383. The molecule has 1 N–H and O–H groups in total. The molecule has 6 nitrogen and oxygen atoms in total. The molecule has 0 bridgehead atoms. The maximum Gasteiger partial charge on any atom is 0.148 e. The third kappa shape index (κ3) is 4.51. The van der Waals surface area contributed by atoms with Crippen LogP contribution in [0.2, 0.25) is 5.15 Å². The van der Waals surface area contributed by atoms with Gasteiger partial charge in [-0.25, -0.2) is 9.37 Å². The lowest BCUT2D eigenvalue weighted by Gasteiger charge is -2.11. The van der Waals surface area contributed by atoms with Gasteiger partial charge in [0.1, 0.15) is 46.3 Å². The highest BCUT2D eigenvalue weighted by Gasteiger charge is 2.17. The number of ether oxygens (including phenoxy) is 2. The topological polar surface area (TPSA) is 72.9 Å². The Hall–Kier alpha value is -3.45. The van der Waals surface area contributed by atoms with Crippen LogP contribution in [0.1, 0.15) is 17.0 Å². The highest BCUT2D eigenvalue weighted by atomic mass is 35.5. The Morgan fingerprint density at radius 2 is 1.90 bits per heavy atom. The summed E-state index contributed by atoms with van der Waals surface area (Å²) in [4.78, 5) is 16.1. The lowest BCUT2D eigenvalue weighted by atomic mass is 10.1. The molecular weight excluding hydrogens is 419 g/mol. The number of aromatic nitrogens is 4. The molecule has 31 heavy (non-hydrogen) atoms. The lowest BCUT2D eigenvalue weighted by Crippen LogP contribution is -2.02. The fourth-order valence-corrected chi connectivity index (χ4v) is 3.29. The van der Waals surface area contributed by atoms with Gasteiger partial charge in [0.15, 0.2) is 0 Å². The lowest BCUT2D eigenvalue weighted by molar-refractivity contribution is 0.292. The molecular formula is C23H20ClFN4O2. The number of rotatable bonds is 6. The second-order valence-corrected chi connectivity index (χ2v) is 7.41. The smallest absolute Gasteiger partial charge is 0.148 e. The molecule has 0 aliphatic carbocycles. The quantitative estimate of drug-likeness (QED) is 0.428.